The molecule has 0 bridgehead atoms. The van der Waals surface area contributed by atoms with Crippen molar-refractivity contribution in [2.75, 3.05) is 13.7 Å². The van der Waals surface area contributed by atoms with E-state index in [0.717, 1.165) is 21.8 Å². The van der Waals surface area contributed by atoms with Crippen molar-refractivity contribution in [2.45, 2.75) is 19.9 Å². The highest BCUT2D eigenvalue weighted by Gasteiger charge is 2.34. The van der Waals surface area contributed by atoms with Crippen LogP contribution in [-0.4, -0.2) is 40.0 Å². The standard InChI is InChI=1S/C34H28N4O6S2/c1-5-15-43-33(41)29-20(2)35-34-38(31(29)22-13-14-25(44-21(3)39)26(17-22)42-4)32(40)28(46-34)18-23-19-37(24-10-7-6-8-11-24)36-30(23)27-12-9-16-45-27/h5-14,16-19,31H,1,15H2,2-4H3/b28-18-. The van der Waals surface area contributed by atoms with E-state index in [2.05, 4.69) is 11.6 Å². The fourth-order valence-electron chi connectivity index (χ4n) is 5.16. The largest absolute Gasteiger partial charge is 0.493 e. The number of carbonyl (C=O) groups excluding carboxylic acids is 2. The van der Waals surface area contributed by atoms with Crippen molar-refractivity contribution in [3.05, 3.63) is 127 Å². The van der Waals surface area contributed by atoms with Gasteiger partial charge in [-0.2, -0.15) is 5.10 Å². The number of hydrogen-bond donors (Lipinski definition) is 0. The normalized spacial score (nSPS) is 14.4. The van der Waals surface area contributed by atoms with Crippen LogP contribution in [0.2, 0.25) is 0 Å². The Balaban J connectivity index is 1.54. The Hall–Kier alpha value is -5.33. The molecule has 0 saturated carbocycles. The van der Waals surface area contributed by atoms with Crippen LogP contribution in [0.3, 0.4) is 0 Å². The third kappa shape index (κ3) is 5.87. The van der Waals surface area contributed by atoms with E-state index in [1.807, 2.05) is 60.1 Å². The molecule has 3 aromatic heterocycles. The van der Waals surface area contributed by atoms with Crippen LogP contribution >= 0.6 is 22.7 Å². The molecule has 46 heavy (non-hydrogen) atoms. The molecule has 10 nitrogen and oxygen atoms in total. The molecule has 232 valence electrons. The minimum absolute atomic E-state index is 0.0155. The monoisotopic (exact) mass is 652 g/mol. The number of thiophene rings is 1. The molecule has 4 heterocycles. The zero-order valence-corrected chi connectivity index (χ0v) is 26.8. The molecule has 0 saturated heterocycles. The lowest BCUT2D eigenvalue weighted by molar-refractivity contribution is -0.138. The lowest BCUT2D eigenvalue weighted by atomic mass is 9.95. The fraction of sp³-hybridized carbons (Fsp3) is 0.147. The van der Waals surface area contributed by atoms with Crippen molar-refractivity contribution in [1.29, 1.82) is 0 Å². The molecule has 1 atom stereocenters. The minimum Gasteiger partial charge on any atom is -0.493 e. The number of para-hydroxylation sites is 1. The van der Waals surface area contributed by atoms with E-state index >= 15 is 0 Å². The second kappa shape index (κ2) is 13.0. The zero-order valence-electron chi connectivity index (χ0n) is 25.1. The van der Waals surface area contributed by atoms with Gasteiger partial charge in [0.2, 0.25) is 0 Å². The lowest BCUT2D eigenvalue weighted by Crippen LogP contribution is -2.40. The summed E-state index contributed by atoms with van der Waals surface area (Å²) in [5, 5.41) is 6.84. The summed E-state index contributed by atoms with van der Waals surface area (Å²) in [4.78, 5) is 45.4. The molecule has 2 aromatic carbocycles. The number of fused-ring (bicyclic) bond motifs is 1. The lowest BCUT2D eigenvalue weighted by Gasteiger charge is -2.25. The van der Waals surface area contributed by atoms with Gasteiger partial charge in [0.25, 0.3) is 5.56 Å². The summed E-state index contributed by atoms with van der Waals surface area (Å²) in [6.07, 6.45) is 5.17. The van der Waals surface area contributed by atoms with Gasteiger partial charge in [0.1, 0.15) is 12.3 Å². The van der Waals surface area contributed by atoms with Gasteiger partial charge in [-0.3, -0.25) is 14.2 Å². The number of carbonyl (C=O) groups is 2. The Labute approximate surface area is 271 Å². The Bertz CT molecular complexity index is 2180. The Kier molecular flexibility index (Phi) is 8.64. The third-order valence-corrected chi connectivity index (χ3v) is 8.99. The fourth-order valence-corrected chi connectivity index (χ4v) is 6.92. The molecule has 0 N–H and O–H groups in total. The van der Waals surface area contributed by atoms with Crippen molar-refractivity contribution >= 4 is 40.7 Å². The first kappa shape index (κ1) is 30.7. The highest BCUT2D eigenvalue weighted by Crippen LogP contribution is 2.36. The molecule has 12 heteroatoms. The van der Waals surface area contributed by atoms with E-state index in [1.54, 1.807) is 41.1 Å². The van der Waals surface area contributed by atoms with E-state index in [-0.39, 0.29) is 29.2 Å². The molecule has 1 aliphatic rings. The first-order valence-electron chi connectivity index (χ1n) is 14.1. The number of nitrogens with zero attached hydrogens (tertiary/aromatic N) is 4. The molecule has 0 amide bonds. The summed E-state index contributed by atoms with van der Waals surface area (Å²) in [6, 6.07) is 17.7. The van der Waals surface area contributed by atoms with Crippen molar-refractivity contribution in [3.63, 3.8) is 0 Å². The summed E-state index contributed by atoms with van der Waals surface area (Å²) in [7, 11) is 1.44. The van der Waals surface area contributed by atoms with Crippen molar-refractivity contribution < 1.29 is 23.8 Å². The van der Waals surface area contributed by atoms with Crippen molar-refractivity contribution in [1.82, 2.24) is 14.3 Å². The van der Waals surface area contributed by atoms with Gasteiger partial charge in [-0.05, 0) is 54.3 Å². The highest BCUT2D eigenvalue weighted by atomic mass is 32.1. The predicted molar refractivity (Wildman–Crippen MR) is 176 cm³/mol. The maximum Gasteiger partial charge on any atom is 0.338 e. The molecule has 0 aliphatic carbocycles. The highest BCUT2D eigenvalue weighted by molar-refractivity contribution is 7.13. The Morgan fingerprint density at radius 1 is 1.09 bits per heavy atom. The van der Waals surface area contributed by atoms with E-state index < -0.39 is 18.0 Å². The number of benzene rings is 2. The number of allylic oxidation sites excluding steroid dienone is 1. The van der Waals surface area contributed by atoms with Gasteiger partial charge in [-0.25, -0.2) is 14.5 Å². The second-order valence-corrected chi connectivity index (χ2v) is 12.1. The van der Waals surface area contributed by atoms with E-state index in [4.69, 9.17) is 19.3 Å². The molecule has 0 fully saturated rings. The average molecular weight is 653 g/mol. The molecule has 1 unspecified atom stereocenters. The molecule has 5 aromatic rings. The van der Waals surface area contributed by atoms with E-state index in [0.29, 0.717) is 20.6 Å². The minimum atomic E-state index is -0.903. The van der Waals surface area contributed by atoms with Crippen molar-refractivity contribution in [3.8, 4) is 27.8 Å². The predicted octanol–water partition coefficient (Wildman–Crippen LogP) is 4.81. The van der Waals surface area contributed by atoms with Gasteiger partial charge in [0, 0.05) is 18.7 Å². The molecule has 0 radical (unpaired) electrons. The first-order chi connectivity index (χ1) is 22.3. The quantitative estimate of drug-likeness (QED) is 0.128. The Morgan fingerprint density at radius 2 is 1.89 bits per heavy atom. The van der Waals surface area contributed by atoms with Gasteiger partial charge in [0.05, 0.1) is 39.5 Å². The third-order valence-electron chi connectivity index (χ3n) is 7.14. The van der Waals surface area contributed by atoms with Crippen molar-refractivity contribution in [2.24, 2.45) is 4.99 Å². The van der Waals surface area contributed by atoms with Gasteiger partial charge in [-0.1, -0.05) is 54.3 Å². The van der Waals surface area contributed by atoms with Crippen LogP contribution in [-0.2, 0) is 14.3 Å². The number of methoxy groups -OCH3 is 1. The van der Waals surface area contributed by atoms with Gasteiger partial charge >= 0.3 is 11.9 Å². The number of ether oxygens (including phenoxy) is 3. The van der Waals surface area contributed by atoms with Gasteiger partial charge in [0.15, 0.2) is 16.3 Å². The maximum absolute atomic E-state index is 14.3. The topological polar surface area (TPSA) is 114 Å². The number of thiazole rings is 1. The van der Waals surface area contributed by atoms with Crippen LogP contribution in [0.1, 0.15) is 31.0 Å². The molecular weight excluding hydrogens is 625 g/mol. The van der Waals surface area contributed by atoms with Gasteiger partial charge < -0.3 is 14.2 Å². The zero-order chi connectivity index (χ0) is 32.4. The van der Waals surface area contributed by atoms with E-state index in [1.165, 1.54) is 36.0 Å². The molecule has 0 spiro atoms. The van der Waals surface area contributed by atoms with Crippen LogP contribution in [0.4, 0.5) is 0 Å². The number of esters is 2. The summed E-state index contributed by atoms with van der Waals surface area (Å²) >= 11 is 2.77. The summed E-state index contributed by atoms with van der Waals surface area (Å²) in [5.74, 6) is -0.676. The molecular formula is C34H28N4O6S2. The average Bonchev–Trinajstić information content (AvgIpc) is 3.80. The second-order valence-electron chi connectivity index (χ2n) is 10.2. The van der Waals surface area contributed by atoms with Gasteiger partial charge in [-0.15, -0.1) is 11.3 Å². The summed E-state index contributed by atoms with van der Waals surface area (Å²) in [6.45, 7) is 6.61. The SMILES string of the molecule is C=CCOC(=O)C1=C(C)N=c2s/c(=C\c3cn(-c4ccccc4)nc3-c3cccs3)c(=O)n2C1c1ccc(OC(C)=O)c(OC)c1. The van der Waals surface area contributed by atoms with Crippen LogP contribution in [0.15, 0.2) is 106 Å². The van der Waals surface area contributed by atoms with Crippen LogP contribution in [0.25, 0.3) is 22.3 Å². The number of hydrogen-bond acceptors (Lipinski definition) is 10. The smallest absolute Gasteiger partial charge is 0.338 e. The Morgan fingerprint density at radius 3 is 2.59 bits per heavy atom. The molecule has 1 aliphatic heterocycles. The van der Waals surface area contributed by atoms with Crippen LogP contribution < -0.4 is 24.4 Å². The molecule has 6 rings (SSSR count). The summed E-state index contributed by atoms with van der Waals surface area (Å²) < 4.78 is 19.9. The summed E-state index contributed by atoms with van der Waals surface area (Å²) in [5.41, 5.74) is 3.16. The van der Waals surface area contributed by atoms with Crippen LogP contribution in [0, 0.1) is 0 Å². The van der Waals surface area contributed by atoms with E-state index in [9.17, 15) is 14.4 Å². The first-order valence-corrected chi connectivity index (χ1v) is 15.8. The number of rotatable bonds is 9. The van der Waals surface area contributed by atoms with Crippen LogP contribution in [0.5, 0.6) is 11.5 Å². The maximum atomic E-state index is 14.3. The number of aromatic nitrogens is 3.